The Bertz CT molecular complexity index is 1020. The summed E-state index contributed by atoms with van der Waals surface area (Å²) in [5.41, 5.74) is 1.54. The first-order valence-corrected chi connectivity index (χ1v) is 8.96. The average Bonchev–Trinajstić information content (AvgIpc) is 3.12. The summed E-state index contributed by atoms with van der Waals surface area (Å²) in [7, 11) is 0. The molecule has 1 amide bonds. The monoisotopic (exact) mass is 437 g/mol. The van der Waals surface area contributed by atoms with Gasteiger partial charge in [0.2, 0.25) is 0 Å². The fraction of sp³-hybridized carbons (Fsp3) is 0.294. The van der Waals surface area contributed by atoms with Crippen LogP contribution in [0.4, 0.5) is 8.78 Å². The van der Waals surface area contributed by atoms with Crippen LogP contribution in [0.25, 0.3) is 5.78 Å². The van der Waals surface area contributed by atoms with E-state index in [9.17, 15) is 13.6 Å². The van der Waals surface area contributed by atoms with E-state index in [1.807, 2.05) is 13.0 Å². The Labute approximate surface area is 161 Å². The van der Waals surface area contributed by atoms with Crippen molar-refractivity contribution in [1.82, 2.24) is 24.5 Å². The molecule has 0 spiro atoms. The van der Waals surface area contributed by atoms with Crippen molar-refractivity contribution in [3.05, 3.63) is 57.6 Å². The van der Waals surface area contributed by atoms with Gasteiger partial charge < -0.3 is 9.64 Å². The molecule has 1 aromatic carbocycles. The van der Waals surface area contributed by atoms with Crippen LogP contribution >= 0.6 is 15.9 Å². The number of fused-ring (bicyclic) bond motifs is 1. The SMILES string of the molecule is Cc1cc(C2CN(C(=O)c3cc(F)c(F)c(Br)c3)CCO2)n2ncnc2n1. The Balaban J connectivity index is 1.63. The van der Waals surface area contributed by atoms with Crippen LogP contribution in [0.5, 0.6) is 0 Å². The second-order valence-electron chi connectivity index (χ2n) is 6.16. The first-order valence-electron chi connectivity index (χ1n) is 8.16. The molecule has 140 valence electrons. The fourth-order valence-corrected chi connectivity index (χ4v) is 3.50. The highest BCUT2D eigenvalue weighted by Gasteiger charge is 2.29. The number of aryl methyl sites for hydroxylation is 1. The van der Waals surface area contributed by atoms with Crippen molar-refractivity contribution in [1.29, 1.82) is 0 Å². The Kier molecular flexibility index (Phi) is 4.60. The minimum Gasteiger partial charge on any atom is -0.368 e. The van der Waals surface area contributed by atoms with Gasteiger partial charge in [-0.05, 0) is 41.1 Å². The van der Waals surface area contributed by atoms with E-state index < -0.39 is 23.6 Å². The summed E-state index contributed by atoms with van der Waals surface area (Å²) in [5.74, 6) is -2.05. The van der Waals surface area contributed by atoms with Crippen molar-refractivity contribution in [3.63, 3.8) is 0 Å². The molecule has 4 rings (SSSR count). The number of hydrogen-bond acceptors (Lipinski definition) is 5. The molecule has 0 saturated carbocycles. The van der Waals surface area contributed by atoms with Gasteiger partial charge in [0.1, 0.15) is 12.4 Å². The van der Waals surface area contributed by atoms with Crippen molar-refractivity contribution in [3.8, 4) is 0 Å². The van der Waals surface area contributed by atoms with E-state index in [4.69, 9.17) is 4.74 Å². The molecule has 1 atom stereocenters. The molecule has 1 aliphatic heterocycles. The predicted octanol–water partition coefficient (Wildman–Crippen LogP) is 2.69. The van der Waals surface area contributed by atoms with Gasteiger partial charge in [-0.3, -0.25) is 4.79 Å². The third-order valence-corrected chi connectivity index (χ3v) is 4.90. The third-order valence-electron chi connectivity index (χ3n) is 4.32. The number of benzene rings is 1. The normalized spacial score (nSPS) is 17.5. The highest BCUT2D eigenvalue weighted by Crippen LogP contribution is 2.26. The molecule has 27 heavy (non-hydrogen) atoms. The number of carbonyl (C=O) groups excluding carboxylic acids is 1. The first-order chi connectivity index (χ1) is 12.9. The molecule has 3 aromatic rings. The zero-order valence-corrected chi connectivity index (χ0v) is 15.8. The number of aromatic nitrogens is 4. The lowest BCUT2D eigenvalue weighted by atomic mass is 10.1. The smallest absolute Gasteiger partial charge is 0.254 e. The Morgan fingerprint density at radius 3 is 2.93 bits per heavy atom. The van der Waals surface area contributed by atoms with Crippen molar-refractivity contribution in [2.24, 2.45) is 0 Å². The van der Waals surface area contributed by atoms with E-state index in [-0.39, 0.29) is 16.6 Å². The van der Waals surface area contributed by atoms with E-state index >= 15 is 0 Å². The molecule has 7 nitrogen and oxygen atoms in total. The molecule has 1 saturated heterocycles. The number of hydrogen-bond donors (Lipinski definition) is 0. The summed E-state index contributed by atoms with van der Waals surface area (Å²) in [4.78, 5) is 22.7. The Morgan fingerprint density at radius 2 is 2.15 bits per heavy atom. The highest BCUT2D eigenvalue weighted by molar-refractivity contribution is 9.10. The molecule has 1 unspecified atom stereocenters. The van der Waals surface area contributed by atoms with Crippen molar-refractivity contribution < 1.29 is 18.3 Å². The molecule has 0 aliphatic carbocycles. The minimum atomic E-state index is -1.08. The first kappa shape index (κ1) is 17.9. The number of morpholine rings is 1. The van der Waals surface area contributed by atoms with Crippen LogP contribution in [-0.4, -0.2) is 50.1 Å². The van der Waals surface area contributed by atoms with Gasteiger partial charge in [-0.15, -0.1) is 0 Å². The summed E-state index contributed by atoms with van der Waals surface area (Å²) in [6.07, 6.45) is 0.956. The summed E-state index contributed by atoms with van der Waals surface area (Å²) >= 11 is 2.93. The molecule has 2 aromatic heterocycles. The lowest BCUT2D eigenvalue weighted by Gasteiger charge is -2.33. The van der Waals surface area contributed by atoms with Gasteiger partial charge >= 0.3 is 0 Å². The molecule has 1 fully saturated rings. The van der Waals surface area contributed by atoms with Crippen molar-refractivity contribution in [2.75, 3.05) is 19.7 Å². The van der Waals surface area contributed by atoms with Gasteiger partial charge in [0.15, 0.2) is 11.6 Å². The molecule has 1 aliphatic rings. The van der Waals surface area contributed by atoms with Crippen LogP contribution in [0.3, 0.4) is 0 Å². The van der Waals surface area contributed by atoms with Gasteiger partial charge in [-0.1, -0.05) is 0 Å². The molecule has 0 bridgehead atoms. The van der Waals surface area contributed by atoms with Gasteiger partial charge in [-0.2, -0.15) is 14.6 Å². The maximum absolute atomic E-state index is 13.7. The summed E-state index contributed by atoms with van der Waals surface area (Å²) in [6, 6.07) is 4.00. The third kappa shape index (κ3) is 3.30. The number of halogens is 3. The second kappa shape index (κ2) is 6.93. The number of rotatable bonds is 2. The van der Waals surface area contributed by atoms with Crippen LogP contribution in [0, 0.1) is 18.6 Å². The number of nitrogens with zero attached hydrogens (tertiary/aromatic N) is 5. The maximum atomic E-state index is 13.7. The molecular weight excluding hydrogens is 424 g/mol. The standard InChI is InChI=1S/C17H14BrF2N5O2/c1-9-4-13(25-17(23-9)21-8-22-25)14-7-24(2-3-27-14)16(26)10-5-11(18)15(20)12(19)6-10/h4-6,8,14H,2-3,7H2,1H3. The highest BCUT2D eigenvalue weighted by atomic mass is 79.9. The molecule has 0 N–H and O–H groups in total. The average molecular weight is 438 g/mol. The van der Waals surface area contributed by atoms with E-state index in [0.717, 1.165) is 17.5 Å². The van der Waals surface area contributed by atoms with E-state index in [2.05, 4.69) is 31.0 Å². The van der Waals surface area contributed by atoms with Crippen LogP contribution in [0.2, 0.25) is 0 Å². The van der Waals surface area contributed by atoms with E-state index in [1.54, 1.807) is 9.42 Å². The van der Waals surface area contributed by atoms with Crippen LogP contribution in [0.1, 0.15) is 27.8 Å². The van der Waals surface area contributed by atoms with Crippen LogP contribution < -0.4 is 0 Å². The quantitative estimate of drug-likeness (QED) is 0.576. The van der Waals surface area contributed by atoms with Crippen molar-refractivity contribution >= 4 is 27.6 Å². The van der Waals surface area contributed by atoms with Gasteiger partial charge in [-0.25, -0.2) is 13.8 Å². The topological polar surface area (TPSA) is 72.6 Å². The maximum Gasteiger partial charge on any atom is 0.254 e. The fourth-order valence-electron chi connectivity index (χ4n) is 3.06. The van der Waals surface area contributed by atoms with Crippen molar-refractivity contribution in [2.45, 2.75) is 13.0 Å². The molecule has 3 heterocycles. The number of amides is 1. The zero-order chi connectivity index (χ0) is 19.1. The van der Waals surface area contributed by atoms with Gasteiger partial charge in [0, 0.05) is 17.8 Å². The van der Waals surface area contributed by atoms with Crippen LogP contribution in [-0.2, 0) is 4.74 Å². The molecule has 0 radical (unpaired) electrons. The van der Waals surface area contributed by atoms with E-state index in [0.29, 0.717) is 18.9 Å². The summed E-state index contributed by atoms with van der Waals surface area (Å²) < 4.78 is 34.4. The van der Waals surface area contributed by atoms with E-state index in [1.165, 1.54) is 12.4 Å². The van der Waals surface area contributed by atoms with Crippen LogP contribution in [0.15, 0.2) is 29.0 Å². The predicted molar refractivity (Wildman–Crippen MR) is 94.2 cm³/mol. The summed E-state index contributed by atoms with van der Waals surface area (Å²) in [5, 5.41) is 4.16. The lowest BCUT2D eigenvalue weighted by molar-refractivity contribution is -0.0257. The lowest BCUT2D eigenvalue weighted by Crippen LogP contribution is -2.42. The van der Waals surface area contributed by atoms with Gasteiger partial charge in [0.05, 0.1) is 23.3 Å². The summed E-state index contributed by atoms with van der Waals surface area (Å²) in [6.45, 7) is 2.73. The largest absolute Gasteiger partial charge is 0.368 e. The minimum absolute atomic E-state index is 0.0678. The Hall–Kier alpha value is -2.46. The second-order valence-corrected chi connectivity index (χ2v) is 7.01. The number of carbonyl (C=O) groups is 1. The number of ether oxygens (including phenoxy) is 1. The van der Waals surface area contributed by atoms with Gasteiger partial charge in [0.25, 0.3) is 11.7 Å². The zero-order valence-electron chi connectivity index (χ0n) is 14.2. The Morgan fingerprint density at radius 1 is 1.33 bits per heavy atom. The molecule has 10 heteroatoms. The molecular formula is C17H14BrF2N5O2.